The molecule has 2 aromatic carbocycles. The molecule has 27 heavy (non-hydrogen) atoms. The molecule has 0 aromatic heterocycles. The maximum atomic E-state index is 12.8. The number of carbonyl (C=O) groups is 1. The predicted octanol–water partition coefficient (Wildman–Crippen LogP) is 3.85. The first-order chi connectivity index (χ1) is 13.0. The van der Waals surface area contributed by atoms with E-state index in [9.17, 15) is 13.2 Å². The molecule has 144 valence electrons. The van der Waals surface area contributed by atoms with E-state index in [1.165, 1.54) is 10.4 Å². The normalized spacial score (nSPS) is 15.0. The van der Waals surface area contributed by atoms with Gasteiger partial charge in [0.05, 0.1) is 4.90 Å². The molecule has 5 nitrogen and oxygen atoms in total. The van der Waals surface area contributed by atoms with Crippen molar-refractivity contribution in [2.45, 2.75) is 44.4 Å². The highest BCUT2D eigenvalue weighted by Gasteiger charge is 2.27. The van der Waals surface area contributed by atoms with Crippen LogP contribution in [0.2, 0.25) is 0 Å². The Morgan fingerprint density at radius 3 is 2.19 bits per heavy atom. The van der Waals surface area contributed by atoms with Gasteiger partial charge in [-0.15, -0.1) is 0 Å². The van der Waals surface area contributed by atoms with E-state index in [0.29, 0.717) is 18.7 Å². The van der Waals surface area contributed by atoms with Crippen LogP contribution in [0.1, 0.15) is 48.2 Å². The molecular weight excluding hydrogens is 360 g/mol. The van der Waals surface area contributed by atoms with Gasteiger partial charge in [-0.3, -0.25) is 4.79 Å². The molecule has 6 heteroatoms. The van der Waals surface area contributed by atoms with Crippen LogP contribution in [0, 0.1) is 0 Å². The van der Waals surface area contributed by atoms with Crippen molar-refractivity contribution in [2.24, 2.45) is 0 Å². The highest BCUT2D eigenvalue weighted by atomic mass is 32.2. The van der Waals surface area contributed by atoms with Gasteiger partial charge in [0.1, 0.15) is 0 Å². The Bertz CT molecular complexity index is 910. The lowest BCUT2D eigenvalue weighted by atomic mass is 10.0. The Kier molecular flexibility index (Phi) is 5.97. The van der Waals surface area contributed by atoms with Crippen LogP contribution in [0.25, 0.3) is 0 Å². The first-order valence-electron chi connectivity index (χ1n) is 9.49. The maximum absolute atomic E-state index is 12.8. The molecule has 0 spiro atoms. The second-order valence-electron chi connectivity index (χ2n) is 6.75. The molecule has 1 saturated heterocycles. The molecule has 1 N–H and O–H groups in total. The first-order valence-corrected chi connectivity index (χ1v) is 10.9. The number of benzene rings is 2. The summed E-state index contributed by atoms with van der Waals surface area (Å²) in [5.41, 5.74) is 3.33. The van der Waals surface area contributed by atoms with E-state index in [0.717, 1.165) is 42.5 Å². The molecule has 1 amide bonds. The minimum atomic E-state index is -3.54. The zero-order chi connectivity index (χ0) is 19.4. The van der Waals surface area contributed by atoms with Gasteiger partial charge in [-0.25, -0.2) is 8.42 Å². The number of carbonyl (C=O) groups excluding carboxylic acids is 1. The minimum Gasteiger partial charge on any atom is -0.321 e. The summed E-state index contributed by atoms with van der Waals surface area (Å²) >= 11 is 0. The molecular formula is C21H26N2O3S. The molecule has 1 fully saturated rings. The fourth-order valence-electron chi connectivity index (χ4n) is 3.46. The monoisotopic (exact) mass is 386 g/mol. The molecule has 3 rings (SSSR count). The number of rotatable bonds is 6. The van der Waals surface area contributed by atoms with Crippen LogP contribution in [0.5, 0.6) is 0 Å². The van der Waals surface area contributed by atoms with Crippen LogP contribution in [0.15, 0.2) is 47.4 Å². The summed E-state index contributed by atoms with van der Waals surface area (Å²) in [7, 11) is -3.54. The van der Waals surface area contributed by atoms with Crippen molar-refractivity contribution >= 4 is 21.6 Å². The quantitative estimate of drug-likeness (QED) is 0.820. The van der Waals surface area contributed by atoms with Gasteiger partial charge < -0.3 is 5.32 Å². The van der Waals surface area contributed by atoms with Gasteiger partial charge in [0.15, 0.2) is 0 Å². The Morgan fingerprint density at radius 1 is 1.00 bits per heavy atom. The molecule has 1 aliphatic rings. The van der Waals surface area contributed by atoms with Gasteiger partial charge in [0.2, 0.25) is 10.0 Å². The van der Waals surface area contributed by atoms with Crippen LogP contribution in [0.3, 0.4) is 0 Å². The zero-order valence-electron chi connectivity index (χ0n) is 15.9. The first kappa shape index (κ1) is 19.6. The Labute approximate surface area is 161 Å². The third-order valence-corrected chi connectivity index (χ3v) is 6.93. The Morgan fingerprint density at radius 2 is 1.59 bits per heavy atom. The lowest BCUT2D eigenvalue weighted by Gasteiger charge is -2.17. The van der Waals surface area contributed by atoms with Crippen LogP contribution in [-0.2, 0) is 22.9 Å². The van der Waals surface area contributed by atoms with Crippen molar-refractivity contribution in [1.82, 2.24) is 4.31 Å². The van der Waals surface area contributed by atoms with E-state index in [1.807, 2.05) is 32.0 Å². The Balaban J connectivity index is 1.89. The van der Waals surface area contributed by atoms with Crippen molar-refractivity contribution < 1.29 is 13.2 Å². The summed E-state index contributed by atoms with van der Waals surface area (Å²) in [5, 5.41) is 3.00. The highest BCUT2D eigenvalue weighted by Crippen LogP contribution is 2.25. The van der Waals surface area contributed by atoms with Crippen molar-refractivity contribution in [3.63, 3.8) is 0 Å². The smallest absolute Gasteiger partial charge is 0.255 e. The number of amides is 1. The number of hydrogen-bond donors (Lipinski definition) is 1. The molecule has 1 aliphatic heterocycles. The highest BCUT2D eigenvalue weighted by molar-refractivity contribution is 7.89. The molecule has 2 aromatic rings. The van der Waals surface area contributed by atoms with Crippen LogP contribution < -0.4 is 5.32 Å². The van der Waals surface area contributed by atoms with Gasteiger partial charge in [-0.1, -0.05) is 38.1 Å². The van der Waals surface area contributed by atoms with Crippen LogP contribution in [0.4, 0.5) is 5.69 Å². The molecule has 0 radical (unpaired) electrons. The van der Waals surface area contributed by atoms with Crippen molar-refractivity contribution in [3.05, 3.63) is 59.2 Å². The van der Waals surface area contributed by atoms with Gasteiger partial charge in [-0.2, -0.15) is 4.31 Å². The number of nitrogens with one attached hydrogen (secondary N) is 1. The molecule has 0 saturated carbocycles. The summed E-state index contributed by atoms with van der Waals surface area (Å²) < 4.78 is 27.0. The average molecular weight is 387 g/mol. The largest absolute Gasteiger partial charge is 0.321 e. The molecule has 0 atom stereocenters. The maximum Gasteiger partial charge on any atom is 0.255 e. The molecule has 0 aliphatic carbocycles. The van der Waals surface area contributed by atoms with E-state index in [4.69, 9.17) is 0 Å². The second-order valence-corrected chi connectivity index (χ2v) is 8.69. The van der Waals surface area contributed by atoms with Crippen molar-refractivity contribution in [2.75, 3.05) is 18.4 Å². The third kappa shape index (κ3) is 4.06. The third-order valence-electron chi connectivity index (χ3n) is 5.04. The van der Waals surface area contributed by atoms with E-state index >= 15 is 0 Å². The SMILES string of the molecule is CCc1cccc(CC)c1NC(=O)c1cccc(S(=O)(=O)N2CCCC2)c1. The van der Waals surface area contributed by atoms with Gasteiger partial charge >= 0.3 is 0 Å². The van der Waals surface area contributed by atoms with Crippen molar-refractivity contribution in [1.29, 1.82) is 0 Å². The fraction of sp³-hybridized carbons (Fsp3) is 0.381. The van der Waals surface area contributed by atoms with Gasteiger partial charge in [-0.05, 0) is 55.0 Å². The number of hydrogen-bond acceptors (Lipinski definition) is 3. The topological polar surface area (TPSA) is 66.5 Å². The lowest BCUT2D eigenvalue weighted by molar-refractivity contribution is 0.102. The van der Waals surface area contributed by atoms with E-state index in [-0.39, 0.29) is 10.8 Å². The fourth-order valence-corrected chi connectivity index (χ4v) is 5.03. The Hall–Kier alpha value is -2.18. The standard InChI is InChI=1S/C21H26N2O3S/c1-3-16-9-7-10-17(4-2)20(16)22-21(24)18-11-8-12-19(15-18)27(25,26)23-13-5-6-14-23/h7-12,15H,3-6,13-14H2,1-2H3,(H,22,24). The molecule has 0 unspecified atom stereocenters. The van der Waals surface area contributed by atoms with Crippen LogP contribution >= 0.6 is 0 Å². The lowest BCUT2D eigenvalue weighted by Crippen LogP contribution is -2.28. The summed E-state index contributed by atoms with van der Waals surface area (Å²) in [5.74, 6) is -0.288. The van der Waals surface area contributed by atoms with Crippen molar-refractivity contribution in [3.8, 4) is 0 Å². The molecule has 1 heterocycles. The number of anilines is 1. The zero-order valence-corrected chi connectivity index (χ0v) is 16.7. The van der Waals surface area contributed by atoms with Gasteiger partial charge in [0.25, 0.3) is 5.91 Å². The minimum absolute atomic E-state index is 0.177. The summed E-state index contributed by atoms with van der Waals surface area (Å²) in [4.78, 5) is 13.0. The van der Waals surface area contributed by atoms with Crippen LogP contribution in [-0.4, -0.2) is 31.7 Å². The van der Waals surface area contributed by atoms with E-state index in [2.05, 4.69) is 5.32 Å². The van der Waals surface area contributed by atoms with E-state index < -0.39 is 10.0 Å². The van der Waals surface area contributed by atoms with Gasteiger partial charge in [0, 0.05) is 24.3 Å². The summed E-state index contributed by atoms with van der Waals surface area (Å²) in [6.45, 7) is 5.19. The second kappa shape index (κ2) is 8.23. The molecule has 0 bridgehead atoms. The summed E-state index contributed by atoms with van der Waals surface area (Å²) in [6.07, 6.45) is 3.39. The number of aryl methyl sites for hydroxylation is 2. The van der Waals surface area contributed by atoms with E-state index in [1.54, 1.807) is 18.2 Å². The average Bonchev–Trinajstić information content (AvgIpc) is 3.24. The number of nitrogens with zero attached hydrogens (tertiary/aromatic N) is 1. The summed E-state index contributed by atoms with van der Waals surface area (Å²) in [6, 6.07) is 12.3. The predicted molar refractivity (Wildman–Crippen MR) is 108 cm³/mol. The number of para-hydroxylation sites is 1. The number of sulfonamides is 1.